The molecule has 2 heterocycles. The Hall–Kier alpha value is -3.48. The largest absolute Gasteiger partial charge is 0.465 e. The first-order chi connectivity index (χ1) is 13.4. The third kappa shape index (κ3) is 3.15. The normalized spacial score (nSPS) is 13.3. The number of carbonyl (C=O) groups excluding carboxylic acids is 2. The molecule has 0 unspecified atom stereocenters. The number of aryl methyl sites for hydroxylation is 3. The second-order valence-electron chi connectivity index (χ2n) is 6.90. The minimum absolute atomic E-state index is 0.0498. The Balaban J connectivity index is 1.68. The first kappa shape index (κ1) is 17.9. The summed E-state index contributed by atoms with van der Waals surface area (Å²) in [6, 6.07) is 8.52. The minimum atomic E-state index is -0.368. The van der Waals surface area contributed by atoms with E-state index in [0.717, 1.165) is 17.5 Å². The van der Waals surface area contributed by atoms with Crippen molar-refractivity contribution in [3.05, 3.63) is 68.9 Å². The number of nitrogens with zero attached hydrogens (tertiary/aromatic N) is 1. The van der Waals surface area contributed by atoms with Crippen LogP contribution >= 0.6 is 0 Å². The summed E-state index contributed by atoms with van der Waals surface area (Å²) in [5, 5.41) is 9.31. The van der Waals surface area contributed by atoms with Crippen molar-refractivity contribution in [1.82, 2.24) is 10.2 Å². The summed E-state index contributed by atoms with van der Waals surface area (Å²) >= 11 is 0. The molecule has 3 aromatic rings. The molecule has 0 radical (unpaired) electrons. The van der Waals surface area contributed by atoms with E-state index in [1.807, 2.05) is 19.1 Å². The van der Waals surface area contributed by atoms with Gasteiger partial charge in [0.15, 0.2) is 5.78 Å². The second kappa shape index (κ2) is 6.92. The summed E-state index contributed by atoms with van der Waals surface area (Å²) < 4.78 is 5.68. The van der Waals surface area contributed by atoms with Gasteiger partial charge in [0.2, 0.25) is 0 Å². The van der Waals surface area contributed by atoms with E-state index in [9.17, 15) is 14.4 Å². The number of aromatic amines is 1. The maximum atomic E-state index is 13.0. The number of aromatic nitrogens is 2. The van der Waals surface area contributed by atoms with Gasteiger partial charge in [-0.1, -0.05) is 12.1 Å². The van der Waals surface area contributed by atoms with Gasteiger partial charge in [0.1, 0.15) is 11.5 Å². The number of benzene rings is 1. The molecule has 2 N–H and O–H groups in total. The maximum absolute atomic E-state index is 13.0. The molecule has 0 spiro atoms. The number of amides is 1. The Bertz CT molecular complexity index is 1140. The first-order valence-electron chi connectivity index (χ1n) is 9.07. The number of carbonyl (C=O) groups is 2. The summed E-state index contributed by atoms with van der Waals surface area (Å²) in [5.74, 6) is 0.634. The number of ketones is 1. The van der Waals surface area contributed by atoms with Crippen LogP contribution in [0.4, 0.5) is 5.69 Å². The number of nitrogens with one attached hydrogen (secondary N) is 2. The molecular weight excluding hydrogens is 358 g/mol. The zero-order valence-corrected chi connectivity index (χ0v) is 15.6. The van der Waals surface area contributed by atoms with Crippen LogP contribution in [0, 0.1) is 13.8 Å². The van der Waals surface area contributed by atoms with Crippen LogP contribution in [0.25, 0.3) is 11.3 Å². The lowest BCUT2D eigenvalue weighted by Gasteiger charge is -2.12. The lowest BCUT2D eigenvalue weighted by atomic mass is 9.93. The lowest BCUT2D eigenvalue weighted by molar-refractivity contribution is 0.0955. The van der Waals surface area contributed by atoms with Crippen molar-refractivity contribution >= 4 is 17.4 Å². The van der Waals surface area contributed by atoms with Gasteiger partial charge in [0, 0.05) is 30.2 Å². The monoisotopic (exact) mass is 377 g/mol. The molecule has 142 valence electrons. The number of furan rings is 1. The average molecular weight is 377 g/mol. The summed E-state index contributed by atoms with van der Waals surface area (Å²) in [6.45, 7) is 3.58. The highest BCUT2D eigenvalue weighted by Crippen LogP contribution is 2.31. The molecular formula is C21H19N3O4. The van der Waals surface area contributed by atoms with Gasteiger partial charge in [-0.25, -0.2) is 5.10 Å². The number of rotatable bonds is 3. The lowest BCUT2D eigenvalue weighted by Crippen LogP contribution is -2.19. The molecule has 4 rings (SSSR count). The van der Waals surface area contributed by atoms with Crippen LogP contribution in [0.2, 0.25) is 0 Å². The minimum Gasteiger partial charge on any atom is -0.465 e. The van der Waals surface area contributed by atoms with Gasteiger partial charge in [0.05, 0.1) is 16.8 Å². The van der Waals surface area contributed by atoms with E-state index in [1.54, 1.807) is 19.1 Å². The van der Waals surface area contributed by atoms with Crippen LogP contribution < -0.4 is 10.9 Å². The van der Waals surface area contributed by atoms with Crippen molar-refractivity contribution in [2.24, 2.45) is 0 Å². The number of H-pyrrole nitrogens is 1. The predicted octanol–water partition coefficient (Wildman–Crippen LogP) is 3.42. The van der Waals surface area contributed by atoms with E-state index in [2.05, 4.69) is 15.5 Å². The van der Waals surface area contributed by atoms with Crippen molar-refractivity contribution in [3.8, 4) is 11.3 Å². The van der Waals surface area contributed by atoms with Crippen LogP contribution in [0.1, 0.15) is 50.6 Å². The molecule has 1 aliphatic rings. The van der Waals surface area contributed by atoms with E-state index >= 15 is 0 Å². The molecule has 0 aliphatic heterocycles. The molecule has 1 aliphatic carbocycles. The predicted molar refractivity (Wildman–Crippen MR) is 104 cm³/mol. The Labute approximate surface area is 160 Å². The van der Waals surface area contributed by atoms with E-state index in [0.29, 0.717) is 46.9 Å². The van der Waals surface area contributed by atoms with Crippen LogP contribution in [0.5, 0.6) is 0 Å². The second-order valence-corrected chi connectivity index (χ2v) is 6.90. The van der Waals surface area contributed by atoms with Gasteiger partial charge in [-0.2, -0.15) is 5.10 Å². The van der Waals surface area contributed by atoms with Gasteiger partial charge in [0.25, 0.3) is 11.5 Å². The molecule has 1 aromatic carbocycles. The smallest absolute Gasteiger partial charge is 0.264 e. The van der Waals surface area contributed by atoms with Crippen LogP contribution in [0.15, 0.2) is 39.5 Å². The molecule has 7 nitrogen and oxygen atoms in total. The van der Waals surface area contributed by atoms with Crippen LogP contribution in [-0.4, -0.2) is 21.9 Å². The zero-order chi connectivity index (χ0) is 19.8. The molecule has 1 amide bonds. The van der Waals surface area contributed by atoms with Gasteiger partial charge in [-0.05, 0) is 38.0 Å². The molecule has 0 fully saturated rings. The fraction of sp³-hybridized carbons (Fsp3) is 0.238. The Morgan fingerprint density at radius 3 is 2.71 bits per heavy atom. The summed E-state index contributed by atoms with van der Waals surface area (Å²) in [5.41, 5.74) is 3.25. The molecule has 7 heteroatoms. The molecule has 2 aromatic heterocycles. The van der Waals surface area contributed by atoms with Crippen molar-refractivity contribution in [1.29, 1.82) is 0 Å². The van der Waals surface area contributed by atoms with Gasteiger partial charge in [-0.3, -0.25) is 14.4 Å². The van der Waals surface area contributed by atoms with E-state index < -0.39 is 0 Å². The van der Waals surface area contributed by atoms with Crippen LogP contribution in [-0.2, 0) is 6.42 Å². The van der Waals surface area contributed by atoms with Gasteiger partial charge in [-0.15, -0.1) is 0 Å². The number of fused-ring (bicyclic) bond motifs is 1. The molecule has 0 saturated carbocycles. The molecule has 0 saturated heterocycles. The Kier molecular flexibility index (Phi) is 4.43. The van der Waals surface area contributed by atoms with E-state index in [-0.39, 0.29) is 17.2 Å². The van der Waals surface area contributed by atoms with E-state index in [1.165, 1.54) is 6.07 Å². The number of anilines is 1. The van der Waals surface area contributed by atoms with Crippen molar-refractivity contribution in [3.63, 3.8) is 0 Å². The number of hydrogen-bond acceptors (Lipinski definition) is 5. The highest BCUT2D eigenvalue weighted by molar-refractivity contribution is 6.14. The molecule has 0 atom stereocenters. The van der Waals surface area contributed by atoms with Crippen molar-refractivity contribution < 1.29 is 14.0 Å². The number of hydrogen-bond donors (Lipinski definition) is 2. The highest BCUT2D eigenvalue weighted by atomic mass is 16.3. The fourth-order valence-corrected chi connectivity index (χ4v) is 3.49. The quantitative estimate of drug-likeness (QED) is 0.728. The SMILES string of the molecule is Cc1ccc(-c2ccc(=O)[nH]n2)cc1NC(=O)c1c(C)oc2c1C(=O)CCC2. The summed E-state index contributed by atoms with van der Waals surface area (Å²) in [7, 11) is 0. The van der Waals surface area contributed by atoms with Gasteiger partial charge < -0.3 is 9.73 Å². The fourth-order valence-electron chi connectivity index (χ4n) is 3.49. The standard InChI is InChI=1S/C21H19N3O4/c1-11-6-7-13(14-8-9-18(26)24-23-14)10-15(11)22-21(27)19-12(2)28-17-5-3-4-16(25)20(17)19/h6-10H,3-5H2,1-2H3,(H,22,27)(H,24,26). The first-order valence-corrected chi connectivity index (χ1v) is 9.07. The Morgan fingerprint density at radius 2 is 1.96 bits per heavy atom. The van der Waals surface area contributed by atoms with E-state index in [4.69, 9.17) is 4.42 Å². The van der Waals surface area contributed by atoms with Crippen molar-refractivity contribution in [2.45, 2.75) is 33.1 Å². The van der Waals surface area contributed by atoms with Gasteiger partial charge >= 0.3 is 0 Å². The van der Waals surface area contributed by atoms with Crippen molar-refractivity contribution in [2.75, 3.05) is 5.32 Å². The molecule has 28 heavy (non-hydrogen) atoms. The van der Waals surface area contributed by atoms with Crippen LogP contribution in [0.3, 0.4) is 0 Å². The highest BCUT2D eigenvalue weighted by Gasteiger charge is 2.30. The third-order valence-corrected chi connectivity index (χ3v) is 4.93. The number of Topliss-reactive ketones (excluding diaryl/α,β-unsaturated/α-hetero) is 1. The average Bonchev–Trinajstić information content (AvgIpc) is 3.01. The maximum Gasteiger partial charge on any atom is 0.264 e. The summed E-state index contributed by atoms with van der Waals surface area (Å²) in [6.07, 6.45) is 1.84. The third-order valence-electron chi connectivity index (χ3n) is 4.93. The summed E-state index contributed by atoms with van der Waals surface area (Å²) in [4.78, 5) is 36.5. The topological polar surface area (TPSA) is 105 Å². The Morgan fingerprint density at radius 1 is 1.14 bits per heavy atom. The zero-order valence-electron chi connectivity index (χ0n) is 15.6. The molecule has 0 bridgehead atoms.